The van der Waals surface area contributed by atoms with Gasteiger partial charge in [-0.2, -0.15) is 13.2 Å². The molecular formula is C11H7F3S. The van der Waals surface area contributed by atoms with E-state index in [1.165, 1.54) is 11.3 Å². The molecule has 2 rings (SSSR count). The molecule has 0 amide bonds. The Hall–Kier alpha value is -1.29. The highest BCUT2D eigenvalue weighted by Gasteiger charge is 2.21. The van der Waals surface area contributed by atoms with Gasteiger partial charge in [0.1, 0.15) is 0 Å². The Morgan fingerprint density at radius 3 is 2.60 bits per heavy atom. The number of allylic oxidation sites excluding steroid dienone is 1. The normalized spacial score (nSPS) is 12.7. The number of halogens is 3. The van der Waals surface area contributed by atoms with Crippen molar-refractivity contribution in [3.05, 3.63) is 41.3 Å². The summed E-state index contributed by atoms with van der Waals surface area (Å²) in [6.45, 7) is 0. The van der Waals surface area contributed by atoms with Crippen LogP contribution in [0.5, 0.6) is 0 Å². The summed E-state index contributed by atoms with van der Waals surface area (Å²) in [6.07, 6.45) is -2.87. The first kappa shape index (κ1) is 10.2. The molecule has 0 aliphatic carbocycles. The van der Waals surface area contributed by atoms with Gasteiger partial charge in [0.05, 0.1) is 0 Å². The second-order valence-corrected chi connectivity index (χ2v) is 3.97. The molecule has 15 heavy (non-hydrogen) atoms. The van der Waals surface area contributed by atoms with Crippen LogP contribution in [-0.2, 0) is 0 Å². The molecule has 0 nitrogen and oxygen atoms in total. The van der Waals surface area contributed by atoms with E-state index < -0.39 is 6.18 Å². The molecular weight excluding hydrogens is 221 g/mol. The Balaban J connectivity index is 2.41. The van der Waals surface area contributed by atoms with Crippen molar-refractivity contribution in [1.29, 1.82) is 0 Å². The standard InChI is InChI=1S/C11H7F3S/c12-11(13,14)6-5-8-7-15-10-4-2-1-3-9(8)10/h1-7H/b6-5+. The third kappa shape index (κ3) is 2.39. The lowest BCUT2D eigenvalue weighted by molar-refractivity contribution is -0.0790. The molecule has 0 aliphatic rings. The topological polar surface area (TPSA) is 0 Å². The van der Waals surface area contributed by atoms with Crippen LogP contribution in [0.15, 0.2) is 35.7 Å². The van der Waals surface area contributed by atoms with Crippen molar-refractivity contribution < 1.29 is 13.2 Å². The molecule has 0 aliphatic heterocycles. The van der Waals surface area contributed by atoms with Crippen LogP contribution in [0.1, 0.15) is 5.56 Å². The number of benzene rings is 1. The fraction of sp³-hybridized carbons (Fsp3) is 0.0909. The summed E-state index contributed by atoms with van der Waals surface area (Å²) in [6, 6.07) is 7.41. The molecule has 78 valence electrons. The van der Waals surface area contributed by atoms with Crippen molar-refractivity contribution in [2.45, 2.75) is 6.18 Å². The first-order chi connectivity index (χ1) is 7.06. The van der Waals surface area contributed by atoms with Gasteiger partial charge >= 0.3 is 6.18 Å². The number of hydrogen-bond donors (Lipinski definition) is 0. The van der Waals surface area contributed by atoms with Gasteiger partial charge in [0.15, 0.2) is 0 Å². The Bertz CT molecular complexity index is 494. The summed E-state index contributed by atoms with van der Waals surface area (Å²) in [5.74, 6) is 0. The molecule has 0 unspecified atom stereocenters. The molecule has 0 atom stereocenters. The second-order valence-electron chi connectivity index (χ2n) is 3.06. The molecule has 4 heteroatoms. The molecule has 2 aromatic rings. The van der Waals surface area contributed by atoms with Gasteiger partial charge in [-0.05, 0) is 28.5 Å². The van der Waals surface area contributed by atoms with Crippen LogP contribution < -0.4 is 0 Å². The quantitative estimate of drug-likeness (QED) is 0.675. The average Bonchev–Trinajstić information content (AvgIpc) is 2.57. The first-order valence-electron chi connectivity index (χ1n) is 4.28. The highest BCUT2D eigenvalue weighted by atomic mass is 32.1. The lowest BCUT2D eigenvalue weighted by Crippen LogP contribution is -1.99. The van der Waals surface area contributed by atoms with Gasteiger partial charge in [0.25, 0.3) is 0 Å². The van der Waals surface area contributed by atoms with Gasteiger partial charge in [-0.1, -0.05) is 18.2 Å². The van der Waals surface area contributed by atoms with Crippen LogP contribution in [0.4, 0.5) is 13.2 Å². The number of rotatable bonds is 1. The lowest BCUT2D eigenvalue weighted by Gasteiger charge is -1.96. The largest absolute Gasteiger partial charge is 0.409 e. The van der Waals surface area contributed by atoms with Gasteiger partial charge in [-0.3, -0.25) is 0 Å². The van der Waals surface area contributed by atoms with Crippen molar-refractivity contribution in [3.63, 3.8) is 0 Å². The lowest BCUT2D eigenvalue weighted by atomic mass is 10.2. The highest BCUT2D eigenvalue weighted by Crippen LogP contribution is 2.28. The summed E-state index contributed by atoms with van der Waals surface area (Å²) in [7, 11) is 0. The molecule has 0 saturated heterocycles. The minimum atomic E-state index is -4.25. The number of alkyl halides is 3. The fourth-order valence-corrected chi connectivity index (χ4v) is 2.24. The van der Waals surface area contributed by atoms with Gasteiger partial charge in [-0.25, -0.2) is 0 Å². The Morgan fingerprint density at radius 2 is 1.87 bits per heavy atom. The van der Waals surface area contributed by atoms with E-state index in [4.69, 9.17) is 0 Å². The van der Waals surface area contributed by atoms with Crippen LogP contribution in [0, 0.1) is 0 Å². The summed E-state index contributed by atoms with van der Waals surface area (Å²) < 4.78 is 36.9. The molecule has 1 aromatic heterocycles. The van der Waals surface area contributed by atoms with Crippen LogP contribution >= 0.6 is 11.3 Å². The zero-order valence-electron chi connectivity index (χ0n) is 7.58. The number of hydrogen-bond acceptors (Lipinski definition) is 1. The third-order valence-electron chi connectivity index (χ3n) is 1.96. The van der Waals surface area contributed by atoms with Crippen molar-refractivity contribution in [2.24, 2.45) is 0 Å². The molecule has 0 bridgehead atoms. The van der Waals surface area contributed by atoms with Crippen molar-refractivity contribution >= 4 is 27.5 Å². The Kier molecular flexibility index (Phi) is 2.52. The molecule has 0 spiro atoms. The van der Waals surface area contributed by atoms with Crippen molar-refractivity contribution in [1.82, 2.24) is 0 Å². The monoisotopic (exact) mass is 228 g/mol. The summed E-state index contributed by atoms with van der Waals surface area (Å²) in [5, 5.41) is 2.59. The van der Waals surface area contributed by atoms with Crippen molar-refractivity contribution in [2.75, 3.05) is 0 Å². The van der Waals surface area contributed by atoms with E-state index in [-0.39, 0.29) is 6.08 Å². The molecule has 1 heterocycles. The summed E-state index contributed by atoms with van der Waals surface area (Å²) in [5.41, 5.74) is 0.618. The van der Waals surface area contributed by atoms with E-state index in [0.717, 1.165) is 16.2 Å². The van der Waals surface area contributed by atoms with Crippen LogP contribution in [0.3, 0.4) is 0 Å². The van der Waals surface area contributed by atoms with Gasteiger partial charge in [-0.15, -0.1) is 11.3 Å². The van der Waals surface area contributed by atoms with E-state index in [9.17, 15) is 13.2 Å². The predicted molar refractivity (Wildman–Crippen MR) is 56.9 cm³/mol. The smallest absolute Gasteiger partial charge is 0.167 e. The molecule has 0 saturated carbocycles. The minimum absolute atomic E-state index is 0.265. The maximum absolute atomic E-state index is 12.0. The minimum Gasteiger partial charge on any atom is -0.167 e. The van der Waals surface area contributed by atoms with Gasteiger partial charge < -0.3 is 0 Å². The summed E-state index contributed by atoms with van der Waals surface area (Å²) in [4.78, 5) is 0. The molecule has 0 fully saturated rings. The zero-order chi connectivity index (χ0) is 10.9. The Labute approximate surface area is 88.7 Å². The van der Waals surface area contributed by atoms with Gasteiger partial charge in [0, 0.05) is 10.8 Å². The van der Waals surface area contributed by atoms with Crippen LogP contribution in [0.25, 0.3) is 16.2 Å². The maximum Gasteiger partial charge on any atom is 0.409 e. The molecule has 0 N–H and O–H groups in total. The van der Waals surface area contributed by atoms with E-state index in [1.807, 2.05) is 24.3 Å². The maximum atomic E-state index is 12.0. The van der Waals surface area contributed by atoms with E-state index in [1.54, 1.807) is 5.38 Å². The van der Waals surface area contributed by atoms with E-state index in [0.29, 0.717) is 5.56 Å². The van der Waals surface area contributed by atoms with Crippen LogP contribution in [0.2, 0.25) is 0 Å². The third-order valence-corrected chi connectivity index (χ3v) is 2.94. The Morgan fingerprint density at radius 1 is 1.13 bits per heavy atom. The average molecular weight is 228 g/mol. The van der Waals surface area contributed by atoms with E-state index >= 15 is 0 Å². The number of fused-ring (bicyclic) bond motifs is 1. The zero-order valence-corrected chi connectivity index (χ0v) is 8.40. The summed E-state index contributed by atoms with van der Waals surface area (Å²) >= 11 is 1.45. The first-order valence-corrected chi connectivity index (χ1v) is 5.16. The fourth-order valence-electron chi connectivity index (χ4n) is 1.31. The van der Waals surface area contributed by atoms with Crippen molar-refractivity contribution in [3.8, 4) is 0 Å². The van der Waals surface area contributed by atoms with Crippen LogP contribution in [-0.4, -0.2) is 6.18 Å². The van der Waals surface area contributed by atoms with E-state index in [2.05, 4.69) is 0 Å². The molecule has 0 radical (unpaired) electrons. The van der Waals surface area contributed by atoms with Gasteiger partial charge in [0.2, 0.25) is 0 Å². The molecule has 1 aromatic carbocycles. The predicted octanol–water partition coefficient (Wildman–Crippen LogP) is 4.48. The number of thiophene rings is 1. The second kappa shape index (κ2) is 3.70. The SMILES string of the molecule is FC(F)(F)/C=C/c1csc2ccccc12. The highest BCUT2D eigenvalue weighted by molar-refractivity contribution is 7.17.